The van der Waals surface area contributed by atoms with E-state index < -0.39 is 0 Å². The molecule has 0 saturated heterocycles. The van der Waals surface area contributed by atoms with E-state index in [1.54, 1.807) is 6.08 Å². The van der Waals surface area contributed by atoms with Crippen LogP contribution in [-0.4, -0.2) is 13.6 Å². The Morgan fingerprint density at radius 1 is 0.645 bits per heavy atom. The first-order valence-electron chi connectivity index (χ1n) is 13.8. The van der Waals surface area contributed by atoms with Crippen LogP contribution in [0.4, 0.5) is 0 Å². The molecule has 3 N–H and O–H groups in total. The molecular formula is C29H66N2. The van der Waals surface area contributed by atoms with E-state index in [1.807, 2.05) is 34.6 Å². The van der Waals surface area contributed by atoms with Gasteiger partial charge in [-0.1, -0.05) is 138 Å². The second-order valence-corrected chi connectivity index (χ2v) is 7.28. The summed E-state index contributed by atoms with van der Waals surface area (Å²) in [7, 11) is 1.50. The Morgan fingerprint density at radius 3 is 1.26 bits per heavy atom. The molecule has 0 aromatic heterocycles. The first-order chi connectivity index (χ1) is 15.2. The van der Waals surface area contributed by atoms with Gasteiger partial charge in [0.05, 0.1) is 0 Å². The Kier molecular flexibility index (Phi) is 67.7. The zero-order chi connectivity index (χ0) is 25.0. The molecule has 0 saturated carbocycles. The highest BCUT2D eigenvalue weighted by atomic mass is 14.9. The number of hydrogen-bond acceptors (Lipinski definition) is 2. The smallest absolute Gasteiger partial charge is 0.0143 e. The molecule has 0 aromatic rings. The Hall–Kier alpha value is -0.760. The normalized spacial score (nSPS) is 8.68. The topological polar surface area (TPSA) is 38.0 Å². The Balaban J connectivity index is -0.000000217. The third kappa shape index (κ3) is 58.6. The SMILES string of the molecule is C=C(CCCCCCCCCCCCCCC)NCCCC.C=CC.CC.CC.CN. The number of hydrogen-bond donors (Lipinski definition) is 2. The first kappa shape index (κ1) is 40.6. The van der Waals surface area contributed by atoms with Crippen LogP contribution in [0.3, 0.4) is 0 Å². The first-order valence-corrected chi connectivity index (χ1v) is 13.8. The second-order valence-electron chi connectivity index (χ2n) is 7.28. The van der Waals surface area contributed by atoms with E-state index >= 15 is 0 Å². The van der Waals surface area contributed by atoms with E-state index in [0.717, 1.165) is 6.54 Å². The molecule has 31 heavy (non-hydrogen) atoms. The fraction of sp³-hybridized carbons (Fsp3) is 0.862. The summed E-state index contributed by atoms with van der Waals surface area (Å²) in [5.74, 6) is 0. The van der Waals surface area contributed by atoms with E-state index in [-0.39, 0.29) is 0 Å². The Morgan fingerprint density at radius 2 is 0.935 bits per heavy atom. The van der Waals surface area contributed by atoms with Crippen molar-refractivity contribution in [2.75, 3.05) is 13.6 Å². The molecule has 0 fully saturated rings. The molecule has 0 bridgehead atoms. The third-order valence-electron chi connectivity index (χ3n) is 4.49. The van der Waals surface area contributed by atoms with Gasteiger partial charge >= 0.3 is 0 Å². The second kappa shape index (κ2) is 51.7. The fourth-order valence-corrected chi connectivity index (χ4v) is 2.89. The lowest BCUT2D eigenvalue weighted by Crippen LogP contribution is -2.13. The number of unbranched alkanes of at least 4 members (excludes halogenated alkanes) is 13. The molecule has 0 spiro atoms. The number of nitrogens with one attached hydrogen (secondary N) is 1. The summed E-state index contributed by atoms with van der Waals surface area (Å²) in [4.78, 5) is 0. The Bertz CT molecular complexity index is 261. The predicted molar refractivity (Wildman–Crippen MR) is 151 cm³/mol. The van der Waals surface area contributed by atoms with Crippen LogP contribution in [0.25, 0.3) is 0 Å². The summed E-state index contributed by atoms with van der Waals surface area (Å²) in [5.41, 5.74) is 5.75. The van der Waals surface area contributed by atoms with Crippen molar-refractivity contribution >= 4 is 0 Å². The van der Waals surface area contributed by atoms with Gasteiger partial charge in [-0.25, -0.2) is 0 Å². The van der Waals surface area contributed by atoms with E-state index in [2.05, 4.69) is 38.1 Å². The average Bonchev–Trinajstić information content (AvgIpc) is 2.81. The van der Waals surface area contributed by atoms with Crippen LogP contribution in [-0.2, 0) is 0 Å². The molecule has 0 aliphatic carbocycles. The van der Waals surface area contributed by atoms with E-state index in [9.17, 15) is 0 Å². The van der Waals surface area contributed by atoms with Crippen LogP contribution in [0.2, 0.25) is 0 Å². The van der Waals surface area contributed by atoms with Gasteiger partial charge in [-0.2, -0.15) is 0 Å². The van der Waals surface area contributed by atoms with Crippen LogP contribution in [0.15, 0.2) is 24.9 Å². The van der Waals surface area contributed by atoms with Crippen LogP contribution in [0.1, 0.15) is 151 Å². The summed E-state index contributed by atoms with van der Waals surface area (Å²) in [6.45, 7) is 23.0. The fourth-order valence-electron chi connectivity index (χ4n) is 2.89. The number of nitrogens with two attached hydrogens (primary N) is 1. The zero-order valence-electron chi connectivity index (χ0n) is 23.6. The minimum atomic E-state index is 1.10. The summed E-state index contributed by atoms with van der Waals surface area (Å²) in [6.07, 6.45) is 24.0. The summed E-state index contributed by atoms with van der Waals surface area (Å²) >= 11 is 0. The molecule has 0 aromatic carbocycles. The van der Waals surface area contributed by atoms with Crippen LogP contribution in [0, 0.1) is 0 Å². The van der Waals surface area contributed by atoms with Crippen LogP contribution in [0.5, 0.6) is 0 Å². The maximum atomic E-state index is 4.50. The quantitative estimate of drug-likeness (QED) is 0.164. The van der Waals surface area contributed by atoms with Gasteiger partial charge in [-0.05, 0) is 33.2 Å². The van der Waals surface area contributed by atoms with Crippen molar-refractivity contribution in [1.29, 1.82) is 0 Å². The number of allylic oxidation sites excluding steroid dienone is 2. The van der Waals surface area contributed by atoms with E-state index in [0.29, 0.717) is 0 Å². The highest BCUT2D eigenvalue weighted by Crippen LogP contribution is 2.13. The van der Waals surface area contributed by atoms with Crippen molar-refractivity contribution in [1.82, 2.24) is 5.32 Å². The lowest BCUT2D eigenvalue weighted by Gasteiger charge is -2.08. The third-order valence-corrected chi connectivity index (χ3v) is 4.49. The molecule has 0 aliphatic heterocycles. The highest BCUT2D eigenvalue weighted by Gasteiger charge is 1.96. The van der Waals surface area contributed by atoms with Crippen molar-refractivity contribution in [2.24, 2.45) is 5.73 Å². The van der Waals surface area contributed by atoms with Gasteiger partial charge in [0.2, 0.25) is 0 Å². The van der Waals surface area contributed by atoms with Crippen molar-refractivity contribution in [3.63, 3.8) is 0 Å². The maximum Gasteiger partial charge on any atom is 0.0143 e. The van der Waals surface area contributed by atoms with Gasteiger partial charge in [0.15, 0.2) is 0 Å². The lowest BCUT2D eigenvalue weighted by atomic mass is 10.0. The van der Waals surface area contributed by atoms with Gasteiger partial charge in [-0.3, -0.25) is 0 Å². The maximum absolute atomic E-state index is 4.50. The highest BCUT2D eigenvalue weighted by molar-refractivity contribution is 4.90. The molecule has 2 nitrogen and oxygen atoms in total. The minimum Gasteiger partial charge on any atom is -0.389 e. The molecule has 0 heterocycles. The molecular weight excluding hydrogens is 376 g/mol. The predicted octanol–water partition coefficient (Wildman–Crippen LogP) is 10.2. The lowest BCUT2D eigenvalue weighted by molar-refractivity contribution is 0.537. The molecule has 0 radical (unpaired) electrons. The largest absolute Gasteiger partial charge is 0.389 e. The molecule has 0 rings (SSSR count). The Labute approximate surface area is 200 Å². The van der Waals surface area contributed by atoms with E-state index in [4.69, 9.17) is 0 Å². The van der Waals surface area contributed by atoms with Gasteiger partial charge in [-0.15, -0.1) is 6.58 Å². The standard InChI is InChI=1S/C21H43N.C3H6.2C2H6.CH5N/c1-4-6-8-9-10-11-12-13-14-15-16-17-18-19-21(3)22-20-7-5-2;1-3-2;3*1-2/h22H,3-20H2,1-2H3;3H,1H2,2H3;2*1-2H3;2H2,1H3. The van der Waals surface area contributed by atoms with Crippen LogP contribution >= 0.6 is 0 Å². The van der Waals surface area contributed by atoms with Gasteiger partial charge in [0.25, 0.3) is 0 Å². The van der Waals surface area contributed by atoms with Crippen molar-refractivity contribution in [2.45, 2.75) is 151 Å². The monoisotopic (exact) mass is 443 g/mol. The average molecular weight is 443 g/mol. The summed E-state index contributed by atoms with van der Waals surface area (Å²) in [5, 5.41) is 3.43. The molecule has 0 aliphatic rings. The zero-order valence-corrected chi connectivity index (χ0v) is 23.6. The summed E-state index contributed by atoms with van der Waals surface area (Å²) in [6, 6.07) is 0. The summed E-state index contributed by atoms with van der Waals surface area (Å²) < 4.78 is 0. The van der Waals surface area contributed by atoms with Crippen molar-refractivity contribution in [3.8, 4) is 0 Å². The van der Waals surface area contributed by atoms with Gasteiger partial charge in [0, 0.05) is 12.2 Å². The van der Waals surface area contributed by atoms with Crippen molar-refractivity contribution in [3.05, 3.63) is 24.9 Å². The molecule has 2 heteroatoms. The minimum absolute atomic E-state index is 1.10. The van der Waals surface area contributed by atoms with Crippen LogP contribution < -0.4 is 11.1 Å². The van der Waals surface area contributed by atoms with Crippen molar-refractivity contribution < 1.29 is 0 Å². The molecule has 0 atom stereocenters. The molecule has 0 amide bonds. The van der Waals surface area contributed by atoms with Gasteiger partial charge in [0.1, 0.15) is 0 Å². The number of rotatable bonds is 18. The molecule has 0 unspecified atom stereocenters. The van der Waals surface area contributed by atoms with Gasteiger partial charge < -0.3 is 11.1 Å². The molecule has 192 valence electrons. The van der Waals surface area contributed by atoms with E-state index in [1.165, 1.54) is 115 Å².